The van der Waals surface area contributed by atoms with Crippen molar-refractivity contribution in [3.63, 3.8) is 0 Å². The minimum atomic E-state index is 0.738. The lowest BCUT2D eigenvalue weighted by Gasteiger charge is -2.03. The molecule has 0 aliphatic carbocycles. The van der Waals surface area contributed by atoms with Crippen molar-refractivity contribution in [1.29, 1.82) is 0 Å². The Bertz CT molecular complexity index is 1010. The number of aromatic nitrogens is 3. The Morgan fingerprint density at radius 3 is 3.00 bits per heavy atom. The summed E-state index contributed by atoms with van der Waals surface area (Å²) >= 11 is 4.95. The molecule has 4 rings (SSSR count). The van der Waals surface area contributed by atoms with Crippen LogP contribution in [0, 0.1) is 11.8 Å². The third-order valence-corrected chi connectivity index (χ3v) is 5.96. The topological polar surface area (TPSA) is 50.7 Å². The second-order valence-corrected chi connectivity index (χ2v) is 7.56. The van der Waals surface area contributed by atoms with E-state index in [1.165, 1.54) is 4.88 Å². The minimum absolute atomic E-state index is 0.738. The number of hydrogen-bond donors (Lipinski definition) is 1. The van der Waals surface area contributed by atoms with Crippen molar-refractivity contribution in [3.8, 4) is 21.7 Å². The van der Waals surface area contributed by atoms with Crippen LogP contribution in [0.2, 0.25) is 0 Å². The number of thiazole rings is 1. The van der Waals surface area contributed by atoms with Crippen LogP contribution in [0.25, 0.3) is 20.1 Å². The van der Waals surface area contributed by atoms with E-state index in [0.717, 1.165) is 39.7 Å². The van der Waals surface area contributed by atoms with Crippen molar-refractivity contribution in [2.24, 2.45) is 0 Å². The van der Waals surface area contributed by atoms with Gasteiger partial charge in [0.2, 0.25) is 0 Å². The van der Waals surface area contributed by atoms with Gasteiger partial charge in [-0.25, -0.2) is 15.0 Å². The number of anilines is 1. The molecule has 0 unspecified atom stereocenters. The van der Waals surface area contributed by atoms with Crippen LogP contribution in [-0.4, -0.2) is 21.5 Å². The van der Waals surface area contributed by atoms with Crippen molar-refractivity contribution in [3.05, 3.63) is 46.4 Å². The highest BCUT2D eigenvalue weighted by atomic mass is 32.1. The smallest absolute Gasteiger partial charge is 0.138 e. The van der Waals surface area contributed by atoms with Gasteiger partial charge in [-0.2, -0.15) is 0 Å². The molecule has 0 saturated heterocycles. The molecule has 0 amide bonds. The van der Waals surface area contributed by atoms with Crippen LogP contribution < -0.4 is 5.32 Å². The Kier molecular flexibility index (Phi) is 4.51. The van der Waals surface area contributed by atoms with Gasteiger partial charge >= 0.3 is 0 Å². The third kappa shape index (κ3) is 3.31. The van der Waals surface area contributed by atoms with E-state index < -0.39 is 0 Å². The highest BCUT2D eigenvalue weighted by Gasteiger charge is 2.04. The van der Waals surface area contributed by atoms with E-state index in [0.29, 0.717) is 0 Å². The zero-order valence-electron chi connectivity index (χ0n) is 12.5. The summed E-state index contributed by atoms with van der Waals surface area (Å²) in [4.78, 5) is 15.3. The molecule has 0 atom stereocenters. The van der Waals surface area contributed by atoms with E-state index in [4.69, 9.17) is 0 Å². The quantitative estimate of drug-likeness (QED) is 0.418. The summed E-state index contributed by atoms with van der Waals surface area (Å²) in [5.74, 6) is 7.17. The van der Waals surface area contributed by atoms with E-state index in [1.54, 1.807) is 40.3 Å². The zero-order valence-corrected chi connectivity index (χ0v) is 15.0. The predicted octanol–water partition coefficient (Wildman–Crippen LogP) is 4.73. The zero-order chi connectivity index (χ0) is 16.2. The molecule has 0 aliphatic rings. The molecule has 0 aliphatic heterocycles. The molecule has 0 radical (unpaired) electrons. The fourth-order valence-corrected chi connectivity index (χ4v) is 4.47. The van der Waals surface area contributed by atoms with Crippen molar-refractivity contribution in [1.82, 2.24) is 15.0 Å². The maximum Gasteiger partial charge on any atom is 0.138 e. The van der Waals surface area contributed by atoms with Gasteiger partial charge in [0.05, 0.1) is 10.3 Å². The normalized spacial score (nSPS) is 10.5. The van der Waals surface area contributed by atoms with Crippen molar-refractivity contribution in [2.45, 2.75) is 6.42 Å². The molecule has 0 bridgehead atoms. The number of nitrogens with one attached hydrogen (secondary N) is 1. The average Bonchev–Trinajstić information content (AvgIpc) is 3.34. The van der Waals surface area contributed by atoms with Crippen LogP contribution in [0.1, 0.15) is 12.1 Å². The molecule has 24 heavy (non-hydrogen) atoms. The lowest BCUT2D eigenvalue weighted by Crippen LogP contribution is -2.02. The van der Waals surface area contributed by atoms with Gasteiger partial charge in [-0.3, -0.25) is 0 Å². The van der Waals surface area contributed by atoms with E-state index in [9.17, 15) is 0 Å². The van der Waals surface area contributed by atoms with Gasteiger partial charge in [-0.1, -0.05) is 12.0 Å². The first kappa shape index (κ1) is 15.3. The van der Waals surface area contributed by atoms with Crippen molar-refractivity contribution < 1.29 is 0 Å². The van der Waals surface area contributed by atoms with Gasteiger partial charge in [0, 0.05) is 18.3 Å². The molecule has 1 N–H and O–H groups in total. The molecule has 0 fully saturated rings. The van der Waals surface area contributed by atoms with Gasteiger partial charge in [-0.05, 0) is 28.8 Å². The number of hydrogen-bond acceptors (Lipinski definition) is 7. The summed E-state index contributed by atoms with van der Waals surface area (Å²) < 4.78 is 0. The third-order valence-electron chi connectivity index (χ3n) is 3.26. The molecule has 118 valence electrons. The first-order valence-corrected chi connectivity index (χ1v) is 9.94. The predicted molar refractivity (Wildman–Crippen MR) is 103 cm³/mol. The lowest BCUT2D eigenvalue weighted by atomic mass is 10.3. The largest absolute Gasteiger partial charge is 0.368 e. The van der Waals surface area contributed by atoms with Gasteiger partial charge in [0.15, 0.2) is 0 Å². The summed E-state index contributed by atoms with van der Waals surface area (Å²) in [5.41, 5.74) is 0.839. The van der Waals surface area contributed by atoms with E-state index >= 15 is 0 Å². The number of fused-ring (bicyclic) bond motifs is 1. The van der Waals surface area contributed by atoms with E-state index in [1.807, 2.05) is 22.9 Å². The monoisotopic (exact) mass is 368 g/mol. The summed E-state index contributed by atoms with van der Waals surface area (Å²) in [6, 6.07) is 6.16. The highest BCUT2D eigenvalue weighted by Crippen LogP contribution is 2.27. The summed E-state index contributed by atoms with van der Waals surface area (Å²) in [6.45, 7) is 0.747. The minimum Gasteiger partial charge on any atom is -0.368 e. The maximum absolute atomic E-state index is 4.56. The highest BCUT2D eigenvalue weighted by molar-refractivity contribution is 7.20. The SMILES string of the molecule is C(#Cc1csc(-c2cccs2)n1)CCNc1ncnc2sccc12. The second kappa shape index (κ2) is 7.09. The van der Waals surface area contributed by atoms with Crippen LogP contribution in [0.4, 0.5) is 5.82 Å². The van der Waals surface area contributed by atoms with Crippen molar-refractivity contribution in [2.75, 3.05) is 11.9 Å². The molecule has 4 aromatic rings. The molecule has 7 heteroatoms. The fraction of sp³-hybridized carbons (Fsp3) is 0.118. The Labute approximate surface area is 151 Å². The van der Waals surface area contributed by atoms with Crippen LogP contribution in [0.3, 0.4) is 0 Å². The summed E-state index contributed by atoms with van der Waals surface area (Å²) in [5, 5.41) is 11.5. The number of rotatable bonds is 4. The van der Waals surface area contributed by atoms with Gasteiger partial charge in [0.1, 0.15) is 27.7 Å². The standard InChI is InChI=1S/C17H12N4S3/c1(4-12-10-24-17(21-12)14-5-3-8-22-14)2-7-18-15-13-6-9-23-16(13)20-11-19-15/h3,5-6,8-11H,2,7H2,(H,18,19,20). The van der Waals surface area contributed by atoms with Crippen LogP contribution in [0.15, 0.2) is 40.7 Å². The summed E-state index contributed by atoms with van der Waals surface area (Å²) in [6.07, 6.45) is 2.33. The van der Waals surface area contributed by atoms with Crippen LogP contribution in [0.5, 0.6) is 0 Å². The summed E-state index contributed by atoms with van der Waals surface area (Å²) in [7, 11) is 0. The van der Waals surface area contributed by atoms with Gasteiger partial charge in [-0.15, -0.1) is 34.0 Å². The average molecular weight is 369 g/mol. The Morgan fingerprint density at radius 2 is 2.08 bits per heavy atom. The molecular formula is C17H12N4S3. The van der Waals surface area contributed by atoms with Crippen molar-refractivity contribution >= 4 is 50.0 Å². The Morgan fingerprint density at radius 1 is 1.08 bits per heavy atom. The molecule has 0 saturated carbocycles. The van der Waals surface area contributed by atoms with Crippen LogP contribution in [-0.2, 0) is 0 Å². The Balaban J connectivity index is 1.35. The number of thiophene rings is 2. The molecule has 0 spiro atoms. The Hall–Kier alpha value is -2.27. The second-order valence-electron chi connectivity index (χ2n) is 4.86. The molecular weight excluding hydrogens is 356 g/mol. The van der Waals surface area contributed by atoms with Crippen LogP contribution >= 0.6 is 34.0 Å². The molecule has 4 heterocycles. The van der Waals surface area contributed by atoms with Gasteiger partial charge in [0.25, 0.3) is 0 Å². The maximum atomic E-state index is 4.56. The molecule has 0 aromatic carbocycles. The fourth-order valence-electron chi connectivity index (χ4n) is 2.17. The van der Waals surface area contributed by atoms with Gasteiger partial charge < -0.3 is 5.32 Å². The van der Waals surface area contributed by atoms with E-state index in [2.05, 4.69) is 43.6 Å². The molecule has 4 nitrogen and oxygen atoms in total. The first-order chi connectivity index (χ1) is 11.9. The first-order valence-electron chi connectivity index (χ1n) is 7.30. The molecule has 4 aromatic heterocycles. The number of nitrogens with zero attached hydrogens (tertiary/aromatic N) is 3. The van der Waals surface area contributed by atoms with E-state index in [-0.39, 0.29) is 0 Å². The lowest BCUT2D eigenvalue weighted by molar-refractivity contribution is 1.07.